The summed E-state index contributed by atoms with van der Waals surface area (Å²) in [5, 5.41) is 0. The summed E-state index contributed by atoms with van der Waals surface area (Å²) in [6, 6.07) is 9.33. The average molecular weight is 353 g/mol. The van der Waals surface area contributed by atoms with Crippen molar-refractivity contribution in [3.05, 3.63) is 42.4 Å². The Labute approximate surface area is 153 Å². The first-order valence-electron chi connectivity index (χ1n) is 9.10. The lowest BCUT2D eigenvalue weighted by molar-refractivity contribution is -0.117. The molecule has 26 heavy (non-hydrogen) atoms. The van der Waals surface area contributed by atoms with E-state index in [1.807, 2.05) is 25.1 Å². The Bertz CT molecular complexity index is 825. The summed E-state index contributed by atoms with van der Waals surface area (Å²) in [5.74, 6) is 0.119. The summed E-state index contributed by atoms with van der Waals surface area (Å²) in [4.78, 5) is 31.0. The lowest BCUT2D eigenvalue weighted by Gasteiger charge is -2.41. The number of fused-ring (bicyclic) bond motifs is 1. The quantitative estimate of drug-likeness (QED) is 0.831. The van der Waals surface area contributed by atoms with Crippen LogP contribution in [0.4, 0.5) is 17.1 Å². The molecular weight excluding hydrogens is 330 g/mol. The van der Waals surface area contributed by atoms with Crippen LogP contribution in [-0.2, 0) is 4.79 Å². The molecule has 2 aromatic rings. The molecule has 0 spiro atoms. The Hall–Kier alpha value is -2.76. The number of carbonyl (C=O) groups is 2. The molecule has 6 heteroatoms. The van der Waals surface area contributed by atoms with Crippen LogP contribution in [0.5, 0.6) is 0 Å². The maximum Gasteiger partial charge on any atom is 0.294 e. The zero-order valence-electron chi connectivity index (χ0n) is 15.1. The van der Waals surface area contributed by atoms with Crippen LogP contribution in [0.1, 0.15) is 37.2 Å². The van der Waals surface area contributed by atoms with Gasteiger partial charge < -0.3 is 19.1 Å². The number of nitrogens with zero attached hydrogens (tertiary/aromatic N) is 3. The number of furan rings is 1. The van der Waals surface area contributed by atoms with Crippen molar-refractivity contribution < 1.29 is 14.0 Å². The average Bonchev–Trinajstić information content (AvgIpc) is 3.33. The molecular formula is C20H23N3O3. The fraction of sp³-hybridized carbons (Fsp3) is 0.400. The van der Waals surface area contributed by atoms with E-state index in [4.69, 9.17) is 4.42 Å². The fourth-order valence-electron chi connectivity index (χ4n) is 3.99. The third-order valence-electron chi connectivity index (χ3n) is 5.18. The SMILES string of the molecule is CC(=O)N1c2ccc(N3CCCC3)cc2N(C(=O)c2ccco2)CC1C. The smallest absolute Gasteiger partial charge is 0.294 e. The Balaban J connectivity index is 1.79. The maximum atomic E-state index is 13.0. The van der Waals surface area contributed by atoms with Crippen LogP contribution in [0.25, 0.3) is 0 Å². The number of rotatable bonds is 2. The Kier molecular flexibility index (Phi) is 4.18. The first-order chi connectivity index (χ1) is 12.6. The van der Waals surface area contributed by atoms with Gasteiger partial charge in [0.15, 0.2) is 5.76 Å². The van der Waals surface area contributed by atoms with Gasteiger partial charge in [-0.2, -0.15) is 0 Å². The van der Waals surface area contributed by atoms with Crippen LogP contribution in [0, 0.1) is 0 Å². The molecule has 6 nitrogen and oxygen atoms in total. The number of amides is 2. The van der Waals surface area contributed by atoms with Crippen LogP contribution in [-0.4, -0.2) is 37.5 Å². The van der Waals surface area contributed by atoms with Crippen molar-refractivity contribution in [1.29, 1.82) is 0 Å². The normalized spacial score (nSPS) is 19.6. The second-order valence-corrected chi connectivity index (χ2v) is 7.00. The van der Waals surface area contributed by atoms with Gasteiger partial charge in [0.2, 0.25) is 5.91 Å². The number of anilines is 3. The van der Waals surface area contributed by atoms with E-state index in [1.165, 1.54) is 19.1 Å². The standard InChI is InChI=1S/C20H23N3O3/c1-14-13-22(20(25)19-6-5-11-26-19)18-12-16(21-9-3-4-10-21)7-8-17(18)23(14)15(2)24/h5-8,11-12,14H,3-4,9-10,13H2,1-2H3. The van der Waals surface area contributed by atoms with Crippen molar-refractivity contribution >= 4 is 28.9 Å². The topological polar surface area (TPSA) is 57.0 Å². The maximum absolute atomic E-state index is 13.0. The zero-order chi connectivity index (χ0) is 18.3. The minimum absolute atomic E-state index is 0.0160. The summed E-state index contributed by atoms with van der Waals surface area (Å²) >= 11 is 0. The minimum atomic E-state index is -0.176. The second-order valence-electron chi connectivity index (χ2n) is 7.00. The van der Waals surface area contributed by atoms with E-state index in [2.05, 4.69) is 4.90 Å². The van der Waals surface area contributed by atoms with Gasteiger partial charge in [-0.05, 0) is 50.1 Å². The summed E-state index contributed by atoms with van der Waals surface area (Å²) in [7, 11) is 0. The molecule has 0 aliphatic carbocycles. The molecule has 136 valence electrons. The molecule has 0 bridgehead atoms. The van der Waals surface area contributed by atoms with E-state index >= 15 is 0 Å². The van der Waals surface area contributed by atoms with Gasteiger partial charge in [0.05, 0.1) is 23.7 Å². The van der Waals surface area contributed by atoms with E-state index in [-0.39, 0.29) is 17.9 Å². The highest BCUT2D eigenvalue weighted by molar-refractivity contribution is 6.09. The third kappa shape index (κ3) is 2.75. The highest BCUT2D eigenvalue weighted by Crippen LogP contribution is 2.39. The first kappa shape index (κ1) is 16.7. The van der Waals surface area contributed by atoms with Gasteiger partial charge in [-0.15, -0.1) is 0 Å². The predicted molar refractivity (Wildman–Crippen MR) is 101 cm³/mol. The largest absolute Gasteiger partial charge is 0.459 e. The number of carbonyl (C=O) groups excluding carboxylic acids is 2. The van der Waals surface area contributed by atoms with Crippen molar-refractivity contribution in [3.8, 4) is 0 Å². The third-order valence-corrected chi connectivity index (χ3v) is 5.18. The van der Waals surface area contributed by atoms with Crippen LogP contribution in [0.2, 0.25) is 0 Å². The van der Waals surface area contributed by atoms with Crippen molar-refractivity contribution in [2.75, 3.05) is 34.3 Å². The molecule has 1 fully saturated rings. The Morgan fingerprint density at radius 1 is 1.12 bits per heavy atom. The molecule has 2 aliphatic rings. The molecule has 1 saturated heterocycles. The highest BCUT2D eigenvalue weighted by atomic mass is 16.3. The minimum Gasteiger partial charge on any atom is -0.459 e. The number of hydrogen-bond acceptors (Lipinski definition) is 4. The molecule has 3 heterocycles. The molecule has 1 unspecified atom stereocenters. The van der Waals surface area contributed by atoms with E-state index in [0.29, 0.717) is 12.3 Å². The van der Waals surface area contributed by atoms with E-state index in [0.717, 1.165) is 30.2 Å². The van der Waals surface area contributed by atoms with Gasteiger partial charge in [0.1, 0.15) is 0 Å². The Morgan fingerprint density at radius 2 is 1.88 bits per heavy atom. The summed E-state index contributed by atoms with van der Waals surface area (Å²) in [5.41, 5.74) is 2.64. The lowest BCUT2D eigenvalue weighted by atomic mass is 10.1. The van der Waals surface area contributed by atoms with Crippen molar-refractivity contribution in [2.24, 2.45) is 0 Å². The van der Waals surface area contributed by atoms with Crippen molar-refractivity contribution in [3.63, 3.8) is 0 Å². The summed E-state index contributed by atoms with van der Waals surface area (Å²) in [6.45, 7) is 6.02. The first-order valence-corrected chi connectivity index (χ1v) is 9.10. The van der Waals surface area contributed by atoms with Gasteiger partial charge >= 0.3 is 0 Å². The van der Waals surface area contributed by atoms with Gasteiger partial charge in [-0.3, -0.25) is 9.59 Å². The molecule has 0 saturated carbocycles. The van der Waals surface area contributed by atoms with Crippen LogP contribution in [0.15, 0.2) is 41.0 Å². The van der Waals surface area contributed by atoms with Gasteiger partial charge in [-0.1, -0.05) is 0 Å². The molecule has 2 amide bonds. The number of benzene rings is 1. The van der Waals surface area contributed by atoms with Crippen LogP contribution >= 0.6 is 0 Å². The van der Waals surface area contributed by atoms with Crippen LogP contribution in [0.3, 0.4) is 0 Å². The summed E-state index contributed by atoms with van der Waals surface area (Å²) < 4.78 is 5.32. The van der Waals surface area contributed by atoms with Gasteiger partial charge in [-0.25, -0.2) is 0 Å². The Morgan fingerprint density at radius 3 is 2.54 bits per heavy atom. The molecule has 1 aromatic carbocycles. The fourth-order valence-corrected chi connectivity index (χ4v) is 3.99. The van der Waals surface area contributed by atoms with Gasteiger partial charge in [0.25, 0.3) is 5.91 Å². The zero-order valence-corrected chi connectivity index (χ0v) is 15.1. The molecule has 1 atom stereocenters. The van der Waals surface area contributed by atoms with Crippen molar-refractivity contribution in [1.82, 2.24) is 0 Å². The van der Waals surface area contributed by atoms with E-state index < -0.39 is 0 Å². The number of hydrogen-bond donors (Lipinski definition) is 0. The molecule has 1 aromatic heterocycles. The van der Waals surface area contributed by atoms with Crippen LogP contribution < -0.4 is 14.7 Å². The lowest BCUT2D eigenvalue weighted by Crippen LogP contribution is -2.51. The van der Waals surface area contributed by atoms with Crippen molar-refractivity contribution in [2.45, 2.75) is 32.7 Å². The predicted octanol–water partition coefficient (Wildman–Crippen LogP) is 3.28. The van der Waals surface area contributed by atoms with E-state index in [9.17, 15) is 9.59 Å². The van der Waals surface area contributed by atoms with E-state index in [1.54, 1.807) is 28.9 Å². The highest BCUT2D eigenvalue weighted by Gasteiger charge is 2.35. The summed E-state index contributed by atoms with van der Waals surface area (Å²) in [6.07, 6.45) is 3.87. The molecule has 4 rings (SSSR count). The van der Waals surface area contributed by atoms with Gasteiger partial charge in [0, 0.05) is 32.2 Å². The molecule has 0 radical (unpaired) electrons. The molecule has 0 N–H and O–H groups in total. The second kappa shape index (κ2) is 6.52. The monoisotopic (exact) mass is 353 g/mol. The molecule has 2 aliphatic heterocycles.